The average molecular weight is 324 g/mol. The molecule has 1 aromatic carbocycles. The maximum absolute atomic E-state index is 14.1. The van der Waals surface area contributed by atoms with E-state index < -0.39 is 11.6 Å². The first-order valence-corrected chi connectivity index (χ1v) is 8.02. The third kappa shape index (κ3) is 2.61. The van der Waals surface area contributed by atoms with E-state index in [9.17, 15) is 8.78 Å². The quantitative estimate of drug-likeness (QED) is 0.847. The molecule has 1 aliphatic carbocycles. The summed E-state index contributed by atoms with van der Waals surface area (Å²) < 4.78 is 33.8. The Morgan fingerprint density at radius 2 is 1.95 bits per heavy atom. The van der Waals surface area contributed by atoms with Crippen molar-refractivity contribution in [3.05, 3.63) is 34.3 Å². The summed E-state index contributed by atoms with van der Waals surface area (Å²) in [4.78, 5) is 7.08. The van der Waals surface area contributed by atoms with Crippen molar-refractivity contribution in [3.63, 3.8) is 0 Å². The Kier molecular flexibility index (Phi) is 4.14. The van der Waals surface area contributed by atoms with Crippen LogP contribution in [0.2, 0.25) is 0 Å². The maximum atomic E-state index is 14.1. The number of nitrogens with zero attached hydrogens (tertiary/aromatic N) is 2. The zero-order valence-electron chi connectivity index (χ0n) is 12.8. The Balaban J connectivity index is 2.04. The zero-order chi connectivity index (χ0) is 15.9. The van der Waals surface area contributed by atoms with Gasteiger partial charge in [0.2, 0.25) is 0 Å². The van der Waals surface area contributed by atoms with E-state index >= 15 is 0 Å². The van der Waals surface area contributed by atoms with Gasteiger partial charge in [-0.2, -0.15) is 0 Å². The third-order valence-corrected chi connectivity index (χ3v) is 5.13. The SMILES string of the molecule is COC1CCCc2nc(-c3cc(F)c(N(C)C)c(F)c3)sc21. The minimum Gasteiger partial charge on any atom is -0.376 e. The largest absolute Gasteiger partial charge is 0.376 e. The third-order valence-electron chi connectivity index (χ3n) is 3.90. The van der Waals surface area contributed by atoms with Crippen molar-refractivity contribution >= 4 is 17.0 Å². The second-order valence-corrected chi connectivity index (χ2v) is 6.66. The van der Waals surface area contributed by atoms with Crippen LogP contribution in [-0.2, 0) is 11.2 Å². The van der Waals surface area contributed by atoms with Crippen LogP contribution in [0.1, 0.15) is 29.5 Å². The summed E-state index contributed by atoms with van der Waals surface area (Å²) in [6.45, 7) is 0. The van der Waals surface area contributed by atoms with Crippen LogP contribution in [0, 0.1) is 11.6 Å². The first-order chi connectivity index (χ1) is 10.5. The molecule has 0 fully saturated rings. The number of aromatic nitrogens is 1. The van der Waals surface area contributed by atoms with E-state index in [4.69, 9.17) is 4.74 Å². The second-order valence-electron chi connectivity index (χ2n) is 5.63. The molecule has 1 heterocycles. The molecule has 3 nitrogen and oxygen atoms in total. The molecule has 118 valence electrons. The standard InChI is InChI=1S/C16H18F2N2OS/c1-20(2)14-10(17)7-9(8-11(14)18)16-19-12-5-4-6-13(21-3)15(12)22-16/h7-8,13H,4-6H2,1-3H3. The van der Waals surface area contributed by atoms with Gasteiger partial charge in [-0.05, 0) is 31.4 Å². The molecule has 1 aliphatic rings. The van der Waals surface area contributed by atoms with E-state index in [1.54, 1.807) is 21.2 Å². The molecule has 1 aromatic heterocycles. The Bertz CT molecular complexity index is 676. The molecule has 3 rings (SSSR count). The van der Waals surface area contributed by atoms with Gasteiger partial charge in [0, 0.05) is 26.8 Å². The number of ether oxygens (including phenoxy) is 1. The molecule has 0 amide bonds. The molecule has 0 radical (unpaired) electrons. The molecule has 0 saturated carbocycles. The average Bonchev–Trinajstić information content (AvgIpc) is 2.89. The molecule has 1 atom stereocenters. The van der Waals surface area contributed by atoms with Gasteiger partial charge < -0.3 is 9.64 Å². The van der Waals surface area contributed by atoms with E-state index in [-0.39, 0.29) is 11.8 Å². The fraction of sp³-hybridized carbons (Fsp3) is 0.438. The number of hydrogen-bond donors (Lipinski definition) is 0. The number of anilines is 1. The Morgan fingerprint density at radius 3 is 2.55 bits per heavy atom. The van der Waals surface area contributed by atoms with Crippen molar-refractivity contribution in [2.45, 2.75) is 25.4 Å². The predicted molar refractivity (Wildman–Crippen MR) is 84.5 cm³/mol. The molecule has 0 saturated heterocycles. The number of thiazole rings is 1. The van der Waals surface area contributed by atoms with E-state index in [2.05, 4.69) is 4.98 Å². The summed E-state index contributed by atoms with van der Waals surface area (Å²) in [6, 6.07) is 2.70. The molecule has 22 heavy (non-hydrogen) atoms. The number of hydrogen-bond acceptors (Lipinski definition) is 4. The summed E-state index contributed by atoms with van der Waals surface area (Å²) in [5.74, 6) is -1.15. The van der Waals surface area contributed by atoms with Crippen molar-refractivity contribution in [2.24, 2.45) is 0 Å². The van der Waals surface area contributed by atoms with E-state index in [0.29, 0.717) is 10.6 Å². The van der Waals surface area contributed by atoms with Gasteiger partial charge in [-0.1, -0.05) is 0 Å². The lowest BCUT2D eigenvalue weighted by Crippen LogP contribution is -2.12. The molecular weight excluding hydrogens is 306 g/mol. The summed E-state index contributed by atoms with van der Waals surface area (Å²) in [6.07, 6.45) is 2.93. The highest BCUT2D eigenvalue weighted by molar-refractivity contribution is 7.15. The van der Waals surface area contributed by atoms with Gasteiger partial charge in [0.05, 0.1) is 16.7 Å². The molecule has 6 heteroatoms. The van der Waals surface area contributed by atoms with E-state index in [1.165, 1.54) is 28.4 Å². The molecule has 1 unspecified atom stereocenters. The zero-order valence-corrected chi connectivity index (χ0v) is 13.6. The van der Waals surface area contributed by atoms with Crippen LogP contribution in [0.5, 0.6) is 0 Å². The highest BCUT2D eigenvalue weighted by Gasteiger charge is 2.25. The lowest BCUT2D eigenvalue weighted by atomic mass is 10.0. The maximum Gasteiger partial charge on any atom is 0.150 e. The van der Waals surface area contributed by atoms with Crippen LogP contribution in [0.15, 0.2) is 12.1 Å². The molecule has 0 spiro atoms. The van der Waals surface area contributed by atoms with Crippen molar-refractivity contribution in [1.29, 1.82) is 0 Å². The van der Waals surface area contributed by atoms with Crippen molar-refractivity contribution in [2.75, 3.05) is 26.1 Å². The molecule has 0 aliphatic heterocycles. The number of methoxy groups -OCH3 is 1. The smallest absolute Gasteiger partial charge is 0.150 e. The number of aryl methyl sites for hydroxylation is 1. The first kappa shape index (κ1) is 15.4. The minimum absolute atomic E-state index is 0.0279. The second kappa shape index (κ2) is 5.93. The van der Waals surface area contributed by atoms with Crippen LogP contribution in [-0.4, -0.2) is 26.2 Å². The number of halogens is 2. The normalized spacial score (nSPS) is 17.4. The van der Waals surface area contributed by atoms with Crippen molar-refractivity contribution in [1.82, 2.24) is 4.98 Å². The van der Waals surface area contributed by atoms with Crippen LogP contribution >= 0.6 is 11.3 Å². The van der Waals surface area contributed by atoms with Gasteiger partial charge in [-0.25, -0.2) is 13.8 Å². The van der Waals surface area contributed by atoms with Crippen LogP contribution in [0.4, 0.5) is 14.5 Å². The monoisotopic (exact) mass is 324 g/mol. The Labute approximate surface area is 132 Å². The number of rotatable bonds is 3. The fourth-order valence-corrected chi connectivity index (χ4v) is 4.06. The summed E-state index contributed by atoms with van der Waals surface area (Å²) in [7, 11) is 4.92. The fourth-order valence-electron chi connectivity index (χ4n) is 2.84. The molecule has 0 bridgehead atoms. The Morgan fingerprint density at radius 1 is 1.27 bits per heavy atom. The molecule has 2 aromatic rings. The van der Waals surface area contributed by atoms with E-state index in [0.717, 1.165) is 29.8 Å². The van der Waals surface area contributed by atoms with Gasteiger partial charge in [0.25, 0.3) is 0 Å². The lowest BCUT2D eigenvalue weighted by molar-refractivity contribution is 0.0908. The molecular formula is C16H18F2N2OS. The van der Waals surface area contributed by atoms with Gasteiger partial charge in [-0.15, -0.1) is 11.3 Å². The minimum atomic E-state index is -0.573. The number of fused-ring (bicyclic) bond motifs is 1. The van der Waals surface area contributed by atoms with Gasteiger partial charge in [0.15, 0.2) is 0 Å². The molecule has 0 N–H and O–H groups in total. The summed E-state index contributed by atoms with van der Waals surface area (Å²) in [5.41, 5.74) is 1.45. The van der Waals surface area contributed by atoms with Gasteiger partial charge in [0.1, 0.15) is 22.3 Å². The van der Waals surface area contributed by atoms with Crippen molar-refractivity contribution in [3.8, 4) is 10.6 Å². The first-order valence-electron chi connectivity index (χ1n) is 7.20. The highest BCUT2D eigenvalue weighted by Crippen LogP contribution is 2.40. The van der Waals surface area contributed by atoms with E-state index in [1.807, 2.05) is 0 Å². The Hall–Kier alpha value is -1.53. The van der Waals surface area contributed by atoms with Gasteiger partial charge >= 0.3 is 0 Å². The lowest BCUT2D eigenvalue weighted by Gasteiger charge is -2.19. The van der Waals surface area contributed by atoms with Gasteiger partial charge in [-0.3, -0.25) is 0 Å². The summed E-state index contributed by atoms with van der Waals surface area (Å²) >= 11 is 1.47. The summed E-state index contributed by atoms with van der Waals surface area (Å²) in [5, 5.41) is 0.650. The van der Waals surface area contributed by atoms with Crippen molar-refractivity contribution < 1.29 is 13.5 Å². The topological polar surface area (TPSA) is 25.4 Å². The predicted octanol–water partition coefficient (Wildman–Crippen LogP) is 4.18. The van der Waals surface area contributed by atoms with Crippen LogP contribution in [0.25, 0.3) is 10.6 Å². The van der Waals surface area contributed by atoms with Crippen LogP contribution in [0.3, 0.4) is 0 Å². The van der Waals surface area contributed by atoms with Crippen LogP contribution < -0.4 is 4.90 Å². The number of benzene rings is 1. The highest BCUT2D eigenvalue weighted by atomic mass is 32.1.